The van der Waals surface area contributed by atoms with Gasteiger partial charge in [-0.1, -0.05) is 12.1 Å². The molecule has 4 bridgehead atoms. The highest BCUT2D eigenvalue weighted by Gasteiger charge is 2.59. The van der Waals surface area contributed by atoms with Crippen molar-refractivity contribution in [1.82, 2.24) is 15.4 Å². The van der Waals surface area contributed by atoms with Gasteiger partial charge in [0.2, 0.25) is 21.8 Å². The normalized spacial score (nSPS) is 33.1. The summed E-state index contributed by atoms with van der Waals surface area (Å²) in [6, 6.07) is 6.90. The van der Waals surface area contributed by atoms with E-state index in [0.717, 1.165) is 44.9 Å². The molecule has 9 heteroatoms. The number of carbonyl (C=O) groups is 2. The summed E-state index contributed by atoms with van der Waals surface area (Å²) in [5.74, 6) is 0.965. The second-order valence-corrected chi connectivity index (χ2v) is 13.7. The van der Waals surface area contributed by atoms with Gasteiger partial charge in [-0.05, 0) is 105 Å². The fraction of sp³-hybridized carbons (Fsp3) is 0.667. The summed E-state index contributed by atoms with van der Waals surface area (Å²) < 4.78 is 28.9. The highest BCUT2D eigenvalue weighted by Crippen LogP contribution is 2.60. The zero-order chi connectivity index (χ0) is 23.6. The lowest BCUT2D eigenvalue weighted by molar-refractivity contribution is -0.151. The first kappa shape index (κ1) is 23.3. The summed E-state index contributed by atoms with van der Waals surface area (Å²) in [5.41, 5.74) is -1.60. The van der Waals surface area contributed by atoms with Crippen LogP contribution in [0.3, 0.4) is 0 Å². The highest BCUT2D eigenvalue weighted by atomic mass is 79.9. The monoisotopic (exact) mass is 537 g/mol. The van der Waals surface area contributed by atoms with E-state index in [1.165, 1.54) is 6.07 Å². The summed E-state index contributed by atoms with van der Waals surface area (Å²) in [6.45, 7) is 3.19. The van der Waals surface area contributed by atoms with E-state index in [1.54, 1.807) is 32.0 Å². The number of sulfonamides is 1. The van der Waals surface area contributed by atoms with Crippen LogP contribution in [0, 0.1) is 23.2 Å². The third-order valence-corrected chi connectivity index (χ3v) is 10.7. The van der Waals surface area contributed by atoms with Crippen molar-refractivity contribution >= 4 is 37.8 Å². The predicted molar refractivity (Wildman–Crippen MR) is 128 cm³/mol. The predicted octanol–water partition coefficient (Wildman–Crippen LogP) is 3.10. The molecule has 2 amide bonds. The molecule has 0 saturated heterocycles. The van der Waals surface area contributed by atoms with Gasteiger partial charge in [0, 0.05) is 16.6 Å². The van der Waals surface area contributed by atoms with Crippen molar-refractivity contribution in [3.63, 3.8) is 0 Å². The molecule has 1 aromatic rings. The minimum Gasteiger partial charge on any atom is -0.353 e. The number of hydrogen-bond donors (Lipinski definition) is 3. The summed E-state index contributed by atoms with van der Waals surface area (Å²) >= 11 is 3.28. The maximum atomic E-state index is 13.3. The SMILES string of the molecule is CC(C)(NS(=O)(=O)c1ccccc1Br)C(=O)NC1C2CC3CC1CC(C(=O)NC1CC1)(C3)C2. The highest BCUT2D eigenvalue weighted by molar-refractivity contribution is 9.10. The molecule has 6 rings (SSSR count). The van der Waals surface area contributed by atoms with E-state index >= 15 is 0 Å². The average Bonchev–Trinajstić information content (AvgIpc) is 3.53. The van der Waals surface area contributed by atoms with E-state index in [9.17, 15) is 18.0 Å². The Morgan fingerprint density at radius 2 is 1.67 bits per heavy atom. The molecule has 2 atom stereocenters. The summed E-state index contributed by atoms with van der Waals surface area (Å²) in [4.78, 5) is 26.5. The van der Waals surface area contributed by atoms with E-state index in [1.807, 2.05) is 0 Å². The van der Waals surface area contributed by atoms with E-state index < -0.39 is 15.6 Å². The Bertz CT molecular complexity index is 1070. The number of hydrogen-bond acceptors (Lipinski definition) is 4. The number of rotatable bonds is 7. The second-order valence-electron chi connectivity index (χ2n) is 11.2. The number of nitrogens with one attached hydrogen (secondary N) is 3. The first-order valence-electron chi connectivity index (χ1n) is 11.9. The molecule has 7 nitrogen and oxygen atoms in total. The van der Waals surface area contributed by atoms with Gasteiger partial charge in [0.1, 0.15) is 5.54 Å². The quantitative estimate of drug-likeness (QED) is 0.497. The van der Waals surface area contributed by atoms with Gasteiger partial charge in [-0.15, -0.1) is 0 Å². The third-order valence-electron chi connectivity index (χ3n) is 8.05. The zero-order valence-electron chi connectivity index (χ0n) is 19.1. The van der Waals surface area contributed by atoms with Crippen molar-refractivity contribution in [1.29, 1.82) is 0 Å². The van der Waals surface area contributed by atoms with Crippen LogP contribution in [0.5, 0.6) is 0 Å². The number of carbonyl (C=O) groups excluding carboxylic acids is 2. The largest absolute Gasteiger partial charge is 0.353 e. The lowest BCUT2D eigenvalue weighted by atomic mass is 9.47. The second kappa shape index (κ2) is 8.05. The zero-order valence-corrected chi connectivity index (χ0v) is 21.5. The molecule has 0 heterocycles. The lowest BCUT2D eigenvalue weighted by Crippen LogP contribution is -2.65. The van der Waals surface area contributed by atoms with Crippen LogP contribution in [0.2, 0.25) is 0 Å². The van der Waals surface area contributed by atoms with Gasteiger partial charge >= 0.3 is 0 Å². The Morgan fingerprint density at radius 1 is 1.03 bits per heavy atom. The molecule has 5 aliphatic carbocycles. The van der Waals surface area contributed by atoms with Crippen LogP contribution in [0.15, 0.2) is 33.6 Å². The molecule has 1 aromatic carbocycles. The van der Waals surface area contributed by atoms with Gasteiger partial charge in [0.25, 0.3) is 0 Å². The molecule has 5 aliphatic rings. The van der Waals surface area contributed by atoms with Crippen LogP contribution in [0.1, 0.15) is 58.8 Å². The fourth-order valence-electron chi connectivity index (χ4n) is 6.54. The molecule has 5 fully saturated rings. The molecule has 0 radical (unpaired) electrons. The Kier molecular flexibility index (Phi) is 5.69. The van der Waals surface area contributed by atoms with Crippen molar-refractivity contribution in [3.05, 3.63) is 28.7 Å². The van der Waals surface area contributed by atoms with E-state index in [2.05, 4.69) is 31.3 Å². The molecule has 2 unspecified atom stereocenters. The van der Waals surface area contributed by atoms with E-state index in [4.69, 9.17) is 0 Å². The maximum absolute atomic E-state index is 13.3. The van der Waals surface area contributed by atoms with Crippen LogP contribution in [-0.2, 0) is 19.6 Å². The van der Waals surface area contributed by atoms with Crippen LogP contribution in [-0.4, -0.2) is 37.9 Å². The summed E-state index contributed by atoms with van der Waals surface area (Å²) in [5, 5.41) is 6.42. The minimum absolute atomic E-state index is 0.0110. The molecule has 3 N–H and O–H groups in total. The Labute approximate surface area is 204 Å². The Hall–Kier alpha value is -1.45. The molecular formula is C24H32BrN3O4S. The number of amides is 2. The number of benzene rings is 1. The smallest absolute Gasteiger partial charge is 0.242 e. The molecule has 0 aliphatic heterocycles. The van der Waals surface area contributed by atoms with Gasteiger partial charge in [0.05, 0.1) is 10.3 Å². The van der Waals surface area contributed by atoms with E-state index in [0.29, 0.717) is 16.4 Å². The molecular weight excluding hydrogens is 506 g/mol. The van der Waals surface area contributed by atoms with Gasteiger partial charge < -0.3 is 10.6 Å². The van der Waals surface area contributed by atoms with Crippen LogP contribution < -0.4 is 15.4 Å². The van der Waals surface area contributed by atoms with Crippen LogP contribution in [0.25, 0.3) is 0 Å². The molecule has 5 saturated carbocycles. The van der Waals surface area contributed by atoms with Gasteiger partial charge in [0.15, 0.2) is 0 Å². The summed E-state index contributed by atoms with van der Waals surface area (Å²) in [7, 11) is -3.89. The molecule has 0 aromatic heterocycles. The fourth-order valence-corrected chi connectivity index (χ4v) is 8.92. The van der Waals surface area contributed by atoms with Crippen LogP contribution >= 0.6 is 15.9 Å². The summed E-state index contributed by atoms with van der Waals surface area (Å²) in [6.07, 6.45) is 6.82. The lowest BCUT2D eigenvalue weighted by Gasteiger charge is -2.59. The van der Waals surface area contributed by atoms with Crippen molar-refractivity contribution in [2.75, 3.05) is 0 Å². The van der Waals surface area contributed by atoms with Crippen LogP contribution in [0.4, 0.5) is 0 Å². The van der Waals surface area contributed by atoms with Gasteiger partial charge in [-0.25, -0.2) is 8.42 Å². The van der Waals surface area contributed by atoms with Crippen molar-refractivity contribution < 1.29 is 18.0 Å². The molecule has 180 valence electrons. The van der Waals surface area contributed by atoms with Crippen molar-refractivity contribution in [2.45, 2.75) is 81.3 Å². The standard InChI is InChI=1S/C24H32BrN3O4S/c1-23(2,28-33(31,32)19-6-4-3-5-18(19)25)21(29)27-20-15-9-14-10-16(20)13-24(11-14,12-15)22(30)26-17-7-8-17/h3-6,14-17,20,28H,7-13H2,1-2H3,(H,26,30)(H,27,29). The number of halogens is 1. The first-order valence-corrected chi connectivity index (χ1v) is 14.2. The molecule has 0 spiro atoms. The maximum Gasteiger partial charge on any atom is 0.242 e. The van der Waals surface area contributed by atoms with Crippen molar-refractivity contribution in [2.24, 2.45) is 23.2 Å². The molecule has 33 heavy (non-hydrogen) atoms. The third kappa shape index (κ3) is 4.36. The Balaban J connectivity index is 1.28. The van der Waals surface area contributed by atoms with Gasteiger partial charge in [-0.3, -0.25) is 9.59 Å². The van der Waals surface area contributed by atoms with Crippen molar-refractivity contribution in [3.8, 4) is 0 Å². The Morgan fingerprint density at radius 3 is 2.27 bits per heavy atom. The minimum atomic E-state index is -3.89. The average molecular weight is 539 g/mol. The first-order chi connectivity index (χ1) is 15.5. The van der Waals surface area contributed by atoms with Gasteiger partial charge in [-0.2, -0.15) is 4.72 Å². The van der Waals surface area contributed by atoms with E-state index in [-0.39, 0.29) is 40.0 Å². The topological polar surface area (TPSA) is 104 Å².